The van der Waals surface area contributed by atoms with E-state index >= 15 is 0 Å². The fourth-order valence-electron chi connectivity index (χ4n) is 3.76. The van der Waals surface area contributed by atoms with Crippen molar-refractivity contribution < 1.29 is 0 Å². The molecule has 0 spiro atoms. The number of nitrogens with two attached hydrogens (primary N) is 1. The van der Waals surface area contributed by atoms with Crippen LogP contribution in [0.1, 0.15) is 45.6 Å². The molecule has 3 heteroatoms. The van der Waals surface area contributed by atoms with Gasteiger partial charge in [-0.1, -0.05) is 30.7 Å². The first kappa shape index (κ1) is 15.8. The zero-order valence-corrected chi connectivity index (χ0v) is 13.7. The van der Waals surface area contributed by atoms with Crippen LogP contribution in [0.5, 0.6) is 0 Å². The predicted molar refractivity (Wildman–Crippen MR) is 87.2 cm³/mol. The predicted octanol–water partition coefficient (Wildman–Crippen LogP) is 3.86. The first-order valence-corrected chi connectivity index (χ1v) is 8.11. The van der Waals surface area contributed by atoms with E-state index in [4.69, 9.17) is 17.3 Å². The third-order valence-electron chi connectivity index (χ3n) is 4.82. The molecule has 1 heterocycles. The van der Waals surface area contributed by atoms with Crippen molar-refractivity contribution in [1.82, 2.24) is 4.90 Å². The van der Waals surface area contributed by atoms with Crippen LogP contribution in [0, 0.1) is 0 Å². The van der Waals surface area contributed by atoms with Crippen molar-refractivity contribution in [3.05, 3.63) is 34.9 Å². The standard InChI is InChI=1S/C17H27ClN2/c1-4-16-10-5-13(2)20(16)17(3,12-19)11-14-6-8-15(18)9-7-14/h6-9,13,16H,4-5,10-12,19H2,1-3H3. The number of halogens is 1. The topological polar surface area (TPSA) is 29.3 Å². The first-order chi connectivity index (χ1) is 9.50. The Morgan fingerprint density at radius 1 is 1.30 bits per heavy atom. The highest BCUT2D eigenvalue weighted by molar-refractivity contribution is 6.30. The van der Waals surface area contributed by atoms with E-state index in [2.05, 4.69) is 37.8 Å². The Hall–Kier alpha value is -0.570. The van der Waals surface area contributed by atoms with E-state index in [0.717, 1.165) is 11.4 Å². The van der Waals surface area contributed by atoms with Crippen LogP contribution in [0.4, 0.5) is 0 Å². The molecule has 1 aliphatic rings. The molecule has 1 fully saturated rings. The second-order valence-electron chi connectivity index (χ2n) is 6.40. The number of nitrogens with zero attached hydrogens (tertiary/aromatic N) is 1. The highest BCUT2D eigenvalue weighted by Crippen LogP contribution is 2.35. The van der Waals surface area contributed by atoms with Crippen molar-refractivity contribution in [3.8, 4) is 0 Å². The van der Waals surface area contributed by atoms with E-state index in [1.165, 1.54) is 24.8 Å². The van der Waals surface area contributed by atoms with Crippen molar-refractivity contribution >= 4 is 11.6 Å². The van der Waals surface area contributed by atoms with E-state index in [9.17, 15) is 0 Å². The molecular formula is C17H27ClN2. The highest BCUT2D eigenvalue weighted by atomic mass is 35.5. The monoisotopic (exact) mass is 294 g/mol. The lowest BCUT2D eigenvalue weighted by atomic mass is 9.89. The summed E-state index contributed by atoms with van der Waals surface area (Å²) in [6.45, 7) is 7.63. The van der Waals surface area contributed by atoms with Gasteiger partial charge < -0.3 is 5.73 Å². The average Bonchev–Trinajstić information content (AvgIpc) is 2.83. The van der Waals surface area contributed by atoms with Crippen LogP contribution in [0.25, 0.3) is 0 Å². The Morgan fingerprint density at radius 2 is 1.95 bits per heavy atom. The lowest BCUT2D eigenvalue weighted by Crippen LogP contribution is -2.57. The van der Waals surface area contributed by atoms with Gasteiger partial charge in [0, 0.05) is 29.2 Å². The lowest BCUT2D eigenvalue weighted by molar-refractivity contribution is 0.0595. The number of hydrogen-bond donors (Lipinski definition) is 1. The van der Waals surface area contributed by atoms with Gasteiger partial charge in [-0.2, -0.15) is 0 Å². The summed E-state index contributed by atoms with van der Waals surface area (Å²) in [6, 6.07) is 9.49. The van der Waals surface area contributed by atoms with Crippen LogP contribution in [0.2, 0.25) is 5.02 Å². The van der Waals surface area contributed by atoms with Crippen molar-refractivity contribution in [2.75, 3.05) is 6.54 Å². The minimum absolute atomic E-state index is 0.0322. The quantitative estimate of drug-likeness (QED) is 0.893. The number of hydrogen-bond acceptors (Lipinski definition) is 2. The molecule has 0 bridgehead atoms. The number of benzene rings is 1. The smallest absolute Gasteiger partial charge is 0.0406 e. The molecular weight excluding hydrogens is 268 g/mol. The van der Waals surface area contributed by atoms with Crippen molar-refractivity contribution in [2.24, 2.45) is 5.73 Å². The van der Waals surface area contributed by atoms with Crippen LogP contribution in [-0.4, -0.2) is 29.1 Å². The molecule has 3 unspecified atom stereocenters. The average molecular weight is 295 g/mol. The maximum absolute atomic E-state index is 6.18. The fourth-order valence-corrected chi connectivity index (χ4v) is 3.88. The van der Waals surface area contributed by atoms with E-state index in [1.807, 2.05) is 12.1 Å². The zero-order valence-electron chi connectivity index (χ0n) is 12.9. The van der Waals surface area contributed by atoms with Gasteiger partial charge in [-0.3, -0.25) is 4.90 Å². The van der Waals surface area contributed by atoms with Crippen molar-refractivity contribution in [1.29, 1.82) is 0 Å². The Morgan fingerprint density at radius 3 is 2.50 bits per heavy atom. The first-order valence-electron chi connectivity index (χ1n) is 7.73. The molecule has 112 valence electrons. The van der Waals surface area contributed by atoms with E-state index in [1.54, 1.807) is 0 Å². The van der Waals surface area contributed by atoms with E-state index < -0.39 is 0 Å². The summed E-state index contributed by atoms with van der Waals surface area (Å²) in [5, 5.41) is 0.796. The Bertz CT molecular complexity index is 431. The third kappa shape index (κ3) is 3.19. The van der Waals surface area contributed by atoms with E-state index in [-0.39, 0.29) is 5.54 Å². The van der Waals surface area contributed by atoms with E-state index in [0.29, 0.717) is 18.6 Å². The van der Waals surface area contributed by atoms with Gasteiger partial charge >= 0.3 is 0 Å². The van der Waals surface area contributed by atoms with Gasteiger partial charge in [0.1, 0.15) is 0 Å². The normalized spacial score (nSPS) is 26.6. The molecule has 1 aromatic carbocycles. The zero-order chi connectivity index (χ0) is 14.8. The van der Waals surface area contributed by atoms with Gasteiger partial charge in [-0.15, -0.1) is 0 Å². The number of rotatable bonds is 5. The maximum atomic E-state index is 6.18. The molecule has 2 N–H and O–H groups in total. The maximum Gasteiger partial charge on any atom is 0.0406 e. The van der Waals surface area contributed by atoms with Crippen LogP contribution in [0.3, 0.4) is 0 Å². The van der Waals surface area contributed by atoms with Gasteiger partial charge in [0.15, 0.2) is 0 Å². The van der Waals surface area contributed by atoms with Gasteiger partial charge in [-0.25, -0.2) is 0 Å². The molecule has 1 saturated heterocycles. The summed E-state index contributed by atoms with van der Waals surface area (Å²) >= 11 is 5.98. The van der Waals surface area contributed by atoms with Crippen LogP contribution in [-0.2, 0) is 6.42 Å². The third-order valence-corrected chi connectivity index (χ3v) is 5.07. The van der Waals surface area contributed by atoms with Crippen molar-refractivity contribution in [3.63, 3.8) is 0 Å². The summed E-state index contributed by atoms with van der Waals surface area (Å²) in [4.78, 5) is 2.67. The largest absolute Gasteiger partial charge is 0.329 e. The Balaban J connectivity index is 2.21. The minimum Gasteiger partial charge on any atom is -0.329 e. The minimum atomic E-state index is 0.0322. The lowest BCUT2D eigenvalue weighted by Gasteiger charge is -2.44. The van der Waals surface area contributed by atoms with Gasteiger partial charge in [0.2, 0.25) is 0 Å². The summed E-state index contributed by atoms with van der Waals surface area (Å²) < 4.78 is 0. The summed E-state index contributed by atoms with van der Waals surface area (Å²) in [6.07, 6.45) is 4.78. The second kappa shape index (κ2) is 6.46. The molecule has 1 aliphatic heterocycles. The molecule has 3 atom stereocenters. The summed E-state index contributed by atoms with van der Waals surface area (Å²) in [7, 11) is 0. The van der Waals surface area contributed by atoms with Crippen LogP contribution >= 0.6 is 11.6 Å². The molecule has 0 saturated carbocycles. The highest BCUT2D eigenvalue weighted by Gasteiger charge is 2.41. The summed E-state index contributed by atoms with van der Waals surface area (Å²) in [5.74, 6) is 0. The van der Waals surface area contributed by atoms with Crippen LogP contribution < -0.4 is 5.73 Å². The second-order valence-corrected chi connectivity index (χ2v) is 6.84. The SMILES string of the molecule is CCC1CCC(C)N1C(C)(CN)Cc1ccc(Cl)cc1. The molecule has 2 rings (SSSR count). The summed E-state index contributed by atoms with van der Waals surface area (Å²) in [5.41, 5.74) is 7.52. The molecule has 1 aromatic rings. The molecule has 0 radical (unpaired) electrons. The van der Waals surface area contributed by atoms with Gasteiger partial charge in [-0.05, 0) is 57.2 Å². The Kier molecular flexibility index (Phi) is 5.11. The molecule has 20 heavy (non-hydrogen) atoms. The van der Waals surface area contributed by atoms with Crippen molar-refractivity contribution in [2.45, 2.75) is 64.1 Å². The molecule has 0 amide bonds. The Labute approximate surface area is 128 Å². The molecule has 0 aliphatic carbocycles. The molecule has 2 nitrogen and oxygen atoms in total. The van der Waals surface area contributed by atoms with Gasteiger partial charge in [0.05, 0.1) is 0 Å². The fraction of sp³-hybridized carbons (Fsp3) is 0.647. The number of likely N-dealkylation sites (tertiary alicyclic amines) is 1. The van der Waals surface area contributed by atoms with Gasteiger partial charge in [0.25, 0.3) is 0 Å². The molecule has 0 aromatic heterocycles. The van der Waals surface area contributed by atoms with Crippen LogP contribution in [0.15, 0.2) is 24.3 Å².